The van der Waals surface area contributed by atoms with Crippen LogP contribution in [0.15, 0.2) is 5.38 Å². The lowest BCUT2D eigenvalue weighted by molar-refractivity contribution is 0.185. The number of rotatable bonds is 4. The number of piperidine rings is 1. The third-order valence-electron chi connectivity index (χ3n) is 3.19. The third-order valence-corrected chi connectivity index (χ3v) is 4.07. The van der Waals surface area contributed by atoms with Crippen LogP contribution in [-0.4, -0.2) is 30.0 Å². The van der Waals surface area contributed by atoms with Crippen LogP contribution in [0.2, 0.25) is 0 Å². The van der Waals surface area contributed by atoms with E-state index in [9.17, 15) is 0 Å². The minimum atomic E-state index is 0.882. The smallest absolute Gasteiger partial charge is 0.107 e. The van der Waals surface area contributed by atoms with Gasteiger partial charge in [0, 0.05) is 11.9 Å². The number of nitrogens with one attached hydrogen (secondary N) is 1. The zero-order valence-electron chi connectivity index (χ0n) is 10.2. The van der Waals surface area contributed by atoms with E-state index in [1.54, 1.807) is 11.3 Å². The Balaban J connectivity index is 1.83. The van der Waals surface area contributed by atoms with E-state index in [1.807, 2.05) is 7.05 Å². The van der Waals surface area contributed by atoms with Crippen LogP contribution in [0.25, 0.3) is 0 Å². The number of hydrogen-bond donors (Lipinski definition) is 1. The molecule has 0 aliphatic carbocycles. The van der Waals surface area contributed by atoms with Crippen LogP contribution in [0.1, 0.15) is 30.5 Å². The van der Waals surface area contributed by atoms with E-state index in [4.69, 9.17) is 0 Å². The van der Waals surface area contributed by atoms with Crippen molar-refractivity contribution < 1.29 is 0 Å². The fourth-order valence-electron chi connectivity index (χ4n) is 2.10. The normalized spacial score (nSPS) is 19.1. The first-order chi connectivity index (χ1) is 7.78. The Morgan fingerprint density at radius 2 is 2.25 bits per heavy atom. The lowest BCUT2D eigenvalue weighted by atomic mass is 9.99. The number of aromatic nitrogens is 1. The van der Waals surface area contributed by atoms with Gasteiger partial charge < -0.3 is 5.32 Å². The summed E-state index contributed by atoms with van der Waals surface area (Å²) in [5, 5.41) is 6.57. The first kappa shape index (κ1) is 12.0. The van der Waals surface area contributed by atoms with Gasteiger partial charge in [0.25, 0.3) is 0 Å². The van der Waals surface area contributed by atoms with Crippen molar-refractivity contribution in [1.29, 1.82) is 0 Å². The average molecular weight is 239 g/mol. The van der Waals surface area contributed by atoms with Gasteiger partial charge in [-0.3, -0.25) is 4.90 Å². The molecule has 1 fully saturated rings. The minimum Gasteiger partial charge on any atom is -0.314 e. The molecule has 2 heterocycles. The lowest BCUT2D eigenvalue weighted by Gasteiger charge is -2.29. The van der Waals surface area contributed by atoms with Crippen LogP contribution >= 0.6 is 11.3 Å². The fraction of sp³-hybridized carbons (Fsp3) is 0.750. The van der Waals surface area contributed by atoms with Crippen LogP contribution < -0.4 is 5.32 Å². The molecular formula is C12H21N3S. The van der Waals surface area contributed by atoms with Crippen LogP contribution in [0.4, 0.5) is 0 Å². The Labute approximate surface area is 102 Å². The molecule has 0 radical (unpaired) electrons. The zero-order valence-corrected chi connectivity index (χ0v) is 11.0. The molecule has 1 aliphatic heterocycles. The van der Waals surface area contributed by atoms with E-state index in [2.05, 4.69) is 27.5 Å². The van der Waals surface area contributed by atoms with Gasteiger partial charge in [-0.05, 0) is 38.9 Å². The Bertz CT molecular complexity index is 316. The quantitative estimate of drug-likeness (QED) is 0.872. The highest BCUT2D eigenvalue weighted by atomic mass is 32.1. The summed E-state index contributed by atoms with van der Waals surface area (Å²) in [6.07, 6.45) is 2.68. The van der Waals surface area contributed by atoms with Crippen LogP contribution in [0.3, 0.4) is 0 Å². The first-order valence-corrected chi connectivity index (χ1v) is 6.96. The monoisotopic (exact) mass is 239 g/mol. The molecule has 0 bridgehead atoms. The molecule has 4 heteroatoms. The highest BCUT2D eigenvalue weighted by molar-refractivity contribution is 7.09. The molecule has 3 nitrogen and oxygen atoms in total. The van der Waals surface area contributed by atoms with Crippen molar-refractivity contribution in [2.75, 3.05) is 20.1 Å². The van der Waals surface area contributed by atoms with Gasteiger partial charge in [-0.25, -0.2) is 4.98 Å². The second-order valence-corrected chi connectivity index (χ2v) is 5.66. The van der Waals surface area contributed by atoms with E-state index >= 15 is 0 Å². The summed E-state index contributed by atoms with van der Waals surface area (Å²) in [4.78, 5) is 7.16. The molecule has 0 amide bonds. The van der Waals surface area contributed by atoms with E-state index in [-0.39, 0.29) is 0 Å². The second kappa shape index (κ2) is 5.75. The van der Waals surface area contributed by atoms with Crippen molar-refractivity contribution in [3.05, 3.63) is 16.1 Å². The molecule has 16 heavy (non-hydrogen) atoms. The maximum absolute atomic E-state index is 4.63. The summed E-state index contributed by atoms with van der Waals surface area (Å²) in [6, 6.07) is 0. The maximum Gasteiger partial charge on any atom is 0.107 e. The first-order valence-electron chi connectivity index (χ1n) is 6.08. The minimum absolute atomic E-state index is 0.882. The van der Waals surface area contributed by atoms with E-state index in [1.165, 1.54) is 36.6 Å². The van der Waals surface area contributed by atoms with Gasteiger partial charge in [-0.15, -0.1) is 11.3 Å². The fourth-order valence-corrected chi connectivity index (χ4v) is 2.93. The van der Waals surface area contributed by atoms with Crippen molar-refractivity contribution in [1.82, 2.24) is 15.2 Å². The predicted molar refractivity (Wildman–Crippen MR) is 68.6 cm³/mol. The van der Waals surface area contributed by atoms with Gasteiger partial charge in [0.2, 0.25) is 0 Å². The van der Waals surface area contributed by atoms with Crippen LogP contribution in [0.5, 0.6) is 0 Å². The second-order valence-electron chi connectivity index (χ2n) is 4.72. The van der Waals surface area contributed by atoms with Crippen molar-refractivity contribution in [2.24, 2.45) is 5.92 Å². The molecule has 1 aromatic rings. The van der Waals surface area contributed by atoms with Crippen LogP contribution in [0, 0.1) is 5.92 Å². The average Bonchev–Trinajstić information content (AvgIpc) is 2.70. The highest BCUT2D eigenvalue weighted by Crippen LogP contribution is 2.19. The molecule has 0 atom stereocenters. The van der Waals surface area contributed by atoms with Crippen molar-refractivity contribution in [3.63, 3.8) is 0 Å². The number of thiazole rings is 1. The van der Waals surface area contributed by atoms with E-state index in [0.717, 1.165) is 19.0 Å². The topological polar surface area (TPSA) is 28.2 Å². The molecule has 90 valence electrons. The Hall–Kier alpha value is -0.450. The SMILES string of the molecule is CNCc1csc(CN2CCC(C)CC2)n1. The maximum atomic E-state index is 4.63. The molecule has 2 rings (SSSR count). The molecule has 1 N–H and O–H groups in total. The molecule has 1 aromatic heterocycles. The van der Waals surface area contributed by atoms with Crippen molar-refractivity contribution in [2.45, 2.75) is 32.9 Å². The van der Waals surface area contributed by atoms with Crippen LogP contribution in [-0.2, 0) is 13.1 Å². The lowest BCUT2D eigenvalue weighted by Crippen LogP contribution is -2.32. The summed E-state index contributed by atoms with van der Waals surface area (Å²) in [6.45, 7) is 6.75. The Kier molecular flexibility index (Phi) is 4.32. The zero-order chi connectivity index (χ0) is 11.4. The van der Waals surface area contributed by atoms with Gasteiger partial charge in [0.15, 0.2) is 0 Å². The third kappa shape index (κ3) is 3.27. The molecule has 1 aliphatic rings. The van der Waals surface area contributed by atoms with Gasteiger partial charge in [0.1, 0.15) is 5.01 Å². The molecule has 0 unspecified atom stereocenters. The van der Waals surface area contributed by atoms with Gasteiger partial charge in [-0.2, -0.15) is 0 Å². The molecular weight excluding hydrogens is 218 g/mol. The van der Waals surface area contributed by atoms with Crippen molar-refractivity contribution >= 4 is 11.3 Å². The van der Waals surface area contributed by atoms with Gasteiger partial charge in [-0.1, -0.05) is 6.92 Å². The Morgan fingerprint density at radius 3 is 2.94 bits per heavy atom. The summed E-state index contributed by atoms with van der Waals surface area (Å²) >= 11 is 1.79. The summed E-state index contributed by atoms with van der Waals surface area (Å²) < 4.78 is 0. The van der Waals surface area contributed by atoms with E-state index in [0.29, 0.717) is 0 Å². The van der Waals surface area contributed by atoms with E-state index < -0.39 is 0 Å². The molecule has 0 aromatic carbocycles. The predicted octanol–water partition coefficient (Wildman–Crippen LogP) is 2.09. The molecule has 0 saturated carbocycles. The summed E-state index contributed by atoms with van der Waals surface area (Å²) in [5.41, 5.74) is 1.17. The Morgan fingerprint density at radius 1 is 1.50 bits per heavy atom. The highest BCUT2D eigenvalue weighted by Gasteiger charge is 2.16. The number of hydrogen-bond acceptors (Lipinski definition) is 4. The standard InChI is InChI=1S/C12H21N3S/c1-10-3-5-15(6-4-10)8-12-14-11(7-13-2)9-16-12/h9-10,13H,3-8H2,1-2H3. The number of nitrogens with zero attached hydrogens (tertiary/aromatic N) is 2. The summed E-state index contributed by atoms with van der Waals surface area (Å²) in [7, 11) is 1.96. The molecule has 1 saturated heterocycles. The van der Waals surface area contributed by atoms with Gasteiger partial charge in [0.05, 0.1) is 12.2 Å². The number of likely N-dealkylation sites (tertiary alicyclic amines) is 1. The molecule has 0 spiro atoms. The van der Waals surface area contributed by atoms with Gasteiger partial charge >= 0.3 is 0 Å². The van der Waals surface area contributed by atoms with Crippen molar-refractivity contribution in [3.8, 4) is 0 Å². The largest absolute Gasteiger partial charge is 0.314 e. The summed E-state index contributed by atoms with van der Waals surface area (Å²) in [5.74, 6) is 0.910.